The van der Waals surface area contributed by atoms with E-state index < -0.39 is 0 Å². The number of aromatic nitrogens is 1. The summed E-state index contributed by atoms with van der Waals surface area (Å²) in [5, 5.41) is 3.40. The number of nitrogens with zero attached hydrogens (tertiary/aromatic N) is 1. The van der Waals surface area contributed by atoms with Gasteiger partial charge in [-0.05, 0) is 31.5 Å². The van der Waals surface area contributed by atoms with Gasteiger partial charge < -0.3 is 14.5 Å². The molecule has 1 fully saturated rings. The molecular formula is C12H14N2O2. The topological polar surface area (TPSA) is 47.3 Å². The molecule has 0 saturated carbocycles. The van der Waals surface area contributed by atoms with E-state index in [0.29, 0.717) is 6.04 Å². The molecule has 0 spiro atoms. The Morgan fingerprint density at radius 3 is 3.38 bits per heavy atom. The van der Waals surface area contributed by atoms with Crippen LogP contribution in [0.1, 0.15) is 12.8 Å². The Labute approximate surface area is 93.6 Å². The second-order valence-electron chi connectivity index (χ2n) is 4.09. The van der Waals surface area contributed by atoms with E-state index in [2.05, 4.69) is 10.3 Å². The van der Waals surface area contributed by atoms with Crippen molar-refractivity contribution in [2.24, 2.45) is 0 Å². The van der Waals surface area contributed by atoms with E-state index in [-0.39, 0.29) is 0 Å². The lowest BCUT2D eigenvalue weighted by atomic mass is 10.2. The first kappa shape index (κ1) is 9.66. The Balaban J connectivity index is 1.68. The van der Waals surface area contributed by atoms with Crippen molar-refractivity contribution >= 4 is 11.1 Å². The van der Waals surface area contributed by atoms with Crippen molar-refractivity contribution in [2.45, 2.75) is 18.9 Å². The van der Waals surface area contributed by atoms with Gasteiger partial charge >= 0.3 is 0 Å². The summed E-state index contributed by atoms with van der Waals surface area (Å²) in [5.41, 5.74) is 1.64. The van der Waals surface area contributed by atoms with Gasteiger partial charge in [0.25, 0.3) is 0 Å². The molecule has 0 radical (unpaired) electrons. The van der Waals surface area contributed by atoms with Crippen LogP contribution in [0.2, 0.25) is 0 Å². The predicted octanol–water partition coefficient (Wildman–Crippen LogP) is 1.96. The highest BCUT2D eigenvalue weighted by molar-refractivity contribution is 5.73. The average molecular weight is 218 g/mol. The second kappa shape index (κ2) is 4.14. The van der Waals surface area contributed by atoms with Crippen LogP contribution in [0.15, 0.2) is 29.0 Å². The Kier molecular flexibility index (Phi) is 2.50. The van der Waals surface area contributed by atoms with Gasteiger partial charge in [0.2, 0.25) is 0 Å². The van der Waals surface area contributed by atoms with Gasteiger partial charge in [0, 0.05) is 12.1 Å². The fourth-order valence-electron chi connectivity index (χ4n) is 2.02. The summed E-state index contributed by atoms with van der Waals surface area (Å²) in [4.78, 5) is 4.10. The van der Waals surface area contributed by atoms with Crippen molar-refractivity contribution in [1.82, 2.24) is 10.3 Å². The van der Waals surface area contributed by atoms with Crippen molar-refractivity contribution < 1.29 is 9.15 Å². The number of benzene rings is 1. The van der Waals surface area contributed by atoms with Gasteiger partial charge in [0.15, 0.2) is 12.0 Å². The quantitative estimate of drug-likeness (QED) is 0.855. The van der Waals surface area contributed by atoms with E-state index in [0.717, 1.165) is 30.0 Å². The molecule has 1 saturated heterocycles. The number of fused-ring (bicyclic) bond motifs is 1. The van der Waals surface area contributed by atoms with Crippen LogP contribution in [-0.4, -0.2) is 24.2 Å². The van der Waals surface area contributed by atoms with Crippen LogP contribution < -0.4 is 10.1 Å². The Hall–Kier alpha value is -1.55. The van der Waals surface area contributed by atoms with Crippen molar-refractivity contribution in [1.29, 1.82) is 0 Å². The van der Waals surface area contributed by atoms with Crippen molar-refractivity contribution in [3.63, 3.8) is 0 Å². The Bertz CT molecular complexity index is 475. The normalized spacial score (nSPS) is 20.4. The fraction of sp³-hybridized carbons (Fsp3) is 0.417. The molecule has 2 aromatic rings. The van der Waals surface area contributed by atoms with E-state index in [1.165, 1.54) is 19.2 Å². The van der Waals surface area contributed by atoms with Gasteiger partial charge in [0.05, 0.1) is 0 Å². The van der Waals surface area contributed by atoms with Gasteiger partial charge in [0.1, 0.15) is 17.9 Å². The fourth-order valence-corrected chi connectivity index (χ4v) is 2.02. The summed E-state index contributed by atoms with van der Waals surface area (Å²) in [7, 11) is 0. The molecule has 4 nitrogen and oxygen atoms in total. The number of hydrogen-bond donors (Lipinski definition) is 1. The zero-order valence-corrected chi connectivity index (χ0v) is 8.98. The molecule has 84 valence electrons. The summed E-state index contributed by atoms with van der Waals surface area (Å²) in [6.07, 6.45) is 3.90. The van der Waals surface area contributed by atoms with Crippen LogP contribution in [0.25, 0.3) is 11.1 Å². The molecular weight excluding hydrogens is 204 g/mol. The van der Waals surface area contributed by atoms with Crippen LogP contribution in [0.3, 0.4) is 0 Å². The standard InChI is InChI=1S/C12H14N2O2/c1-2-9(13-5-1)7-15-10-3-4-12-11(6-10)14-8-16-12/h3-4,6,8-9,13H,1-2,5,7H2. The van der Waals surface area contributed by atoms with E-state index in [4.69, 9.17) is 9.15 Å². The highest BCUT2D eigenvalue weighted by atomic mass is 16.5. The maximum atomic E-state index is 5.72. The SMILES string of the molecule is c1nc2cc(OCC3CCCN3)ccc2o1. The zero-order valence-electron chi connectivity index (χ0n) is 8.98. The van der Waals surface area contributed by atoms with Gasteiger partial charge in [-0.2, -0.15) is 0 Å². The summed E-state index contributed by atoms with van der Waals surface area (Å²) < 4.78 is 10.9. The number of ether oxygens (including phenoxy) is 1. The zero-order chi connectivity index (χ0) is 10.8. The van der Waals surface area contributed by atoms with Gasteiger partial charge in [-0.25, -0.2) is 4.98 Å². The molecule has 3 rings (SSSR count). The van der Waals surface area contributed by atoms with Crippen LogP contribution in [-0.2, 0) is 0 Å². The Morgan fingerprint density at radius 2 is 2.50 bits per heavy atom. The molecule has 16 heavy (non-hydrogen) atoms. The summed E-state index contributed by atoms with van der Waals surface area (Å²) in [6.45, 7) is 1.83. The van der Waals surface area contributed by atoms with Crippen molar-refractivity contribution in [2.75, 3.05) is 13.2 Å². The largest absolute Gasteiger partial charge is 0.492 e. The number of hydrogen-bond acceptors (Lipinski definition) is 4. The average Bonchev–Trinajstić information content (AvgIpc) is 2.97. The molecule has 1 N–H and O–H groups in total. The first-order valence-corrected chi connectivity index (χ1v) is 5.61. The summed E-state index contributed by atoms with van der Waals surface area (Å²) in [6, 6.07) is 6.21. The van der Waals surface area contributed by atoms with Crippen LogP contribution in [0.5, 0.6) is 5.75 Å². The van der Waals surface area contributed by atoms with Gasteiger partial charge in [-0.15, -0.1) is 0 Å². The van der Waals surface area contributed by atoms with Crippen molar-refractivity contribution in [3.05, 3.63) is 24.6 Å². The third-order valence-electron chi connectivity index (χ3n) is 2.92. The van der Waals surface area contributed by atoms with Crippen LogP contribution in [0, 0.1) is 0 Å². The number of oxazole rings is 1. The monoisotopic (exact) mass is 218 g/mol. The minimum Gasteiger partial charge on any atom is -0.492 e. The molecule has 1 unspecified atom stereocenters. The first-order chi connectivity index (χ1) is 7.92. The highest BCUT2D eigenvalue weighted by Gasteiger charge is 2.14. The lowest BCUT2D eigenvalue weighted by Gasteiger charge is -2.11. The highest BCUT2D eigenvalue weighted by Crippen LogP contribution is 2.20. The van der Waals surface area contributed by atoms with E-state index in [9.17, 15) is 0 Å². The molecule has 4 heteroatoms. The first-order valence-electron chi connectivity index (χ1n) is 5.61. The maximum Gasteiger partial charge on any atom is 0.181 e. The van der Waals surface area contributed by atoms with Crippen LogP contribution >= 0.6 is 0 Å². The minimum atomic E-state index is 0.494. The molecule has 1 aromatic carbocycles. The molecule has 0 bridgehead atoms. The van der Waals surface area contributed by atoms with E-state index >= 15 is 0 Å². The molecule has 2 heterocycles. The predicted molar refractivity (Wildman–Crippen MR) is 60.5 cm³/mol. The van der Waals surface area contributed by atoms with E-state index in [1.54, 1.807) is 0 Å². The van der Waals surface area contributed by atoms with Gasteiger partial charge in [-0.3, -0.25) is 0 Å². The summed E-state index contributed by atoms with van der Waals surface area (Å²) >= 11 is 0. The van der Waals surface area contributed by atoms with Crippen LogP contribution in [0.4, 0.5) is 0 Å². The lowest BCUT2D eigenvalue weighted by molar-refractivity contribution is 0.277. The lowest BCUT2D eigenvalue weighted by Crippen LogP contribution is -2.28. The summed E-state index contributed by atoms with van der Waals surface area (Å²) in [5.74, 6) is 0.857. The van der Waals surface area contributed by atoms with Crippen molar-refractivity contribution in [3.8, 4) is 5.75 Å². The second-order valence-corrected chi connectivity index (χ2v) is 4.09. The van der Waals surface area contributed by atoms with E-state index in [1.807, 2.05) is 18.2 Å². The molecule has 1 atom stereocenters. The molecule has 1 aliphatic rings. The third-order valence-corrected chi connectivity index (χ3v) is 2.92. The smallest absolute Gasteiger partial charge is 0.181 e. The molecule has 1 aliphatic heterocycles. The Morgan fingerprint density at radius 1 is 1.50 bits per heavy atom. The molecule has 1 aromatic heterocycles. The number of nitrogens with one attached hydrogen (secondary N) is 1. The third kappa shape index (κ3) is 1.88. The molecule has 0 amide bonds. The number of rotatable bonds is 3. The molecule has 0 aliphatic carbocycles. The minimum absolute atomic E-state index is 0.494. The van der Waals surface area contributed by atoms with Gasteiger partial charge in [-0.1, -0.05) is 0 Å². The maximum absolute atomic E-state index is 5.72.